The van der Waals surface area contributed by atoms with E-state index in [4.69, 9.17) is 0 Å². The molecule has 136 valence electrons. The van der Waals surface area contributed by atoms with Crippen molar-refractivity contribution in [1.82, 2.24) is 10.6 Å². The van der Waals surface area contributed by atoms with Crippen LogP contribution in [-0.4, -0.2) is 32.0 Å². The predicted octanol–water partition coefficient (Wildman–Crippen LogP) is 3.41. The highest BCUT2D eigenvalue weighted by molar-refractivity contribution is 14.0. The van der Waals surface area contributed by atoms with Crippen molar-refractivity contribution in [3.05, 3.63) is 52.5 Å². The second-order valence-electron chi connectivity index (χ2n) is 5.32. The third-order valence-electron chi connectivity index (χ3n) is 3.46. The number of carbonyl (C=O) groups is 1. The van der Waals surface area contributed by atoms with Gasteiger partial charge in [-0.3, -0.25) is 9.79 Å². The van der Waals surface area contributed by atoms with Crippen molar-refractivity contribution in [2.75, 3.05) is 25.5 Å². The Kier molecular flexibility index (Phi) is 9.43. The molecule has 0 bridgehead atoms. The van der Waals surface area contributed by atoms with Crippen molar-refractivity contribution in [1.29, 1.82) is 0 Å². The van der Waals surface area contributed by atoms with E-state index >= 15 is 0 Å². The highest BCUT2D eigenvalue weighted by atomic mass is 127. The van der Waals surface area contributed by atoms with Gasteiger partial charge < -0.3 is 16.0 Å². The van der Waals surface area contributed by atoms with E-state index in [-0.39, 0.29) is 42.2 Å². The molecule has 3 N–H and O–H groups in total. The normalized spacial score (nSPS) is 12.0. The van der Waals surface area contributed by atoms with Gasteiger partial charge in [-0.05, 0) is 52.6 Å². The van der Waals surface area contributed by atoms with Gasteiger partial charge >= 0.3 is 0 Å². The lowest BCUT2D eigenvalue weighted by atomic mass is 10.1. The molecule has 0 aliphatic rings. The first kappa shape index (κ1) is 21.4. The summed E-state index contributed by atoms with van der Waals surface area (Å²) in [6.07, 6.45) is 0. The zero-order valence-electron chi connectivity index (χ0n) is 14.1. The van der Waals surface area contributed by atoms with E-state index in [1.165, 1.54) is 29.8 Å². The smallest absolute Gasteiger partial charge is 0.243 e. The summed E-state index contributed by atoms with van der Waals surface area (Å²) in [4.78, 5) is 16.0. The maximum atomic E-state index is 12.8. The first-order valence-electron chi connectivity index (χ1n) is 7.60. The van der Waals surface area contributed by atoms with Crippen LogP contribution >= 0.6 is 35.3 Å². The lowest BCUT2D eigenvalue weighted by molar-refractivity contribution is -0.115. The van der Waals surface area contributed by atoms with Gasteiger partial charge in [0.1, 0.15) is 5.82 Å². The van der Waals surface area contributed by atoms with Crippen LogP contribution in [0.15, 0.2) is 46.1 Å². The summed E-state index contributed by atoms with van der Waals surface area (Å²) in [6.45, 7) is 2.92. The van der Waals surface area contributed by atoms with Gasteiger partial charge in [-0.2, -0.15) is 11.3 Å². The minimum Gasteiger partial charge on any atom is -0.356 e. The molecule has 2 aromatic rings. The molecule has 0 radical (unpaired) electrons. The zero-order valence-corrected chi connectivity index (χ0v) is 17.2. The van der Waals surface area contributed by atoms with Crippen molar-refractivity contribution in [3.8, 4) is 0 Å². The fourth-order valence-electron chi connectivity index (χ4n) is 2.05. The Labute approximate surface area is 168 Å². The number of nitrogens with one attached hydrogen (secondary N) is 3. The first-order chi connectivity index (χ1) is 11.6. The molecule has 2 rings (SSSR count). The second kappa shape index (κ2) is 11.0. The SMILES string of the molecule is CN=C(NCC(=O)Nc1ccc(F)cc1)NCC(C)c1ccsc1.I. The lowest BCUT2D eigenvalue weighted by Crippen LogP contribution is -2.42. The number of aliphatic imine (C=N–C) groups is 1. The molecule has 8 heteroatoms. The van der Waals surface area contributed by atoms with Crippen molar-refractivity contribution in [3.63, 3.8) is 0 Å². The molecule has 0 aliphatic heterocycles. The van der Waals surface area contributed by atoms with E-state index in [1.807, 2.05) is 0 Å². The van der Waals surface area contributed by atoms with E-state index < -0.39 is 0 Å². The molecule has 25 heavy (non-hydrogen) atoms. The Morgan fingerprint density at radius 2 is 1.96 bits per heavy atom. The molecule has 1 atom stereocenters. The summed E-state index contributed by atoms with van der Waals surface area (Å²) in [6, 6.07) is 7.74. The number of carbonyl (C=O) groups excluding carboxylic acids is 1. The standard InChI is InChI=1S/C17H21FN4OS.HI/c1-12(13-7-8-24-11-13)9-20-17(19-2)21-10-16(23)22-15-5-3-14(18)4-6-15;/h3-8,11-12H,9-10H2,1-2H3,(H,22,23)(H2,19,20,21);1H. The predicted molar refractivity (Wildman–Crippen MR) is 113 cm³/mol. The molecule has 1 heterocycles. The van der Waals surface area contributed by atoms with Crippen molar-refractivity contribution in [2.24, 2.45) is 4.99 Å². The van der Waals surface area contributed by atoms with E-state index in [0.717, 1.165) is 6.54 Å². The van der Waals surface area contributed by atoms with Gasteiger partial charge in [0.25, 0.3) is 0 Å². The van der Waals surface area contributed by atoms with Crippen LogP contribution in [0.4, 0.5) is 10.1 Å². The molecule has 1 aromatic carbocycles. The van der Waals surface area contributed by atoms with Crippen molar-refractivity contribution < 1.29 is 9.18 Å². The van der Waals surface area contributed by atoms with Crippen LogP contribution < -0.4 is 16.0 Å². The van der Waals surface area contributed by atoms with Gasteiger partial charge in [0, 0.05) is 19.3 Å². The Morgan fingerprint density at radius 3 is 2.56 bits per heavy atom. The van der Waals surface area contributed by atoms with E-state index in [1.54, 1.807) is 18.4 Å². The van der Waals surface area contributed by atoms with Crippen molar-refractivity contribution in [2.45, 2.75) is 12.8 Å². The Morgan fingerprint density at radius 1 is 1.24 bits per heavy atom. The average Bonchev–Trinajstić information content (AvgIpc) is 3.11. The van der Waals surface area contributed by atoms with E-state index in [9.17, 15) is 9.18 Å². The maximum Gasteiger partial charge on any atom is 0.243 e. The van der Waals surface area contributed by atoms with Crippen LogP contribution in [0.5, 0.6) is 0 Å². The highest BCUT2D eigenvalue weighted by Gasteiger charge is 2.08. The quantitative estimate of drug-likeness (QED) is 0.340. The number of amides is 1. The monoisotopic (exact) mass is 476 g/mol. The number of hydrogen-bond donors (Lipinski definition) is 3. The number of hydrogen-bond acceptors (Lipinski definition) is 3. The third-order valence-corrected chi connectivity index (χ3v) is 4.16. The van der Waals surface area contributed by atoms with Crippen LogP contribution in [0.3, 0.4) is 0 Å². The second-order valence-corrected chi connectivity index (χ2v) is 6.10. The summed E-state index contributed by atoms with van der Waals surface area (Å²) >= 11 is 1.67. The summed E-state index contributed by atoms with van der Waals surface area (Å²) < 4.78 is 12.8. The van der Waals surface area contributed by atoms with Crippen LogP contribution in [0.2, 0.25) is 0 Å². The number of thiophene rings is 1. The zero-order chi connectivity index (χ0) is 17.4. The summed E-state index contributed by atoms with van der Waals surface area (Å²) in [5.74, 6) is 0.347. The average molecular weight is 476 g/mol. The molecule has 5 nitrogen and oxygen atoms in total. The number of nitrogens with zero attached hydrogens (tertiary/aromatic N) is 1. The Balaban J connectivity index is 0.00000312. The summed E-state index contributed by atoms with van der Waals surface area (Å²) in [7, 11) is 1.66. The molecular weight excluding hydrogens is 454 g/mol. The fourth-order valence-corrected chi connectivity index (χ4v) is 2.83. The van der Waals surface area contributed by atoms with Gasteiger partial charge in [-0.15, -0.1) is 24.0 Å². The van der Waals surface area contributed by atoms with Gasteiger partial charge in [0.2, 0.25) is 5.91 Å². The van der Waals surface area contributed by atoms with Crippen molar-refractivity contribution >= 4 is 52.9 Å². The number of rotatable bonds is 6. The molecule has 0 saturated carbocycles. The molecular formula is C17H22FIN4OS. The topological polar surface area (TPSA) is 65.5 Å². The summed E-state index contributed by atoms with van der Waals surface area (Å²) in [5.41, 5.74) is 1.83. The van der Waals surface area contributed by atoms with E-state index in [2.05, 4.69) is 44.7 Å². The number of halogens is 2. The summed E-state index contributed by atoms with van der Waals surface area (Å²) in [5, 5.41) is 13.0. The number of guanidine groups is 1. The Hall–Kier alpha value is -1.68. The fraction of sp³-hybridized carbons (Fsp3) is 0.294. The molecule has 1 unspecified atom stereocenters. The van der Waals surface area contributed by atoms with Crippen LogP contribution in [0, 0.1) is 5.82 Å². The molecule has 1 amide bonds. The first-order valence-corrected chi connectivity index (χ1v) is 8.55. The largest absolute Gasteiger partial charge is 0.356 e. The van der Waals surface area contributed by atoms with Crippen LogP contribution in [0.1, 0.15) is 18.4 Å². The maximum absolute atomic E-state index is 12.8. The molecule has 0 spiro atoms. The van der Waals surface area contributed by atoms with E-state index in [0.29, 0.717) is 17.6 Å². The van der Waals surface area contributed by atoms with Crippen LogP contribution in [0.25, 0.3) is 0 Å². The number of benzene rings is 1. The molecule has 0 saturated heterocycles. The van der Waals surface area contributed by atoms with Gasteiger partial charge in [-0.1, -0.05) is 6.92 Å². The van der Waals surface area contributed by atoms with Gasteiger partial charge in [-0.25, -0.2) is 4.39 Å². The minimum absolute atomic E-state index is 0. The third kappa shape index (κ3) is 7.39. The lowest BCUT2D eigenvalue weighted by Gasteiger charge is -2.15. The Bertz CT molecular complexity index is 676. The van der Waals surface area contributed by atoms with Gasteiger partial charge in [0.15, 0.2) is 5.96 Å². The molecule has 0 aliphatic carbocycles. The number of anilines is 1. The van der Waals surface area contributed by atoms with Gasteiger partial charge in [0.05, 0.1) is 6.54 Å². The highest BCUT2D eigenvalue weighted by Crippen LogP contribution is 2.16. The molecule has 0 fully saturated rings. The van der Waals surface area contributed by atoms with Crippen LogP contribution in [-0.2, 0) is 4.79 Å². The molecule has 1 aromatic heterocycles. The minimum atomic E-state index is -0.338.